The van der Waals surface area contributed by atoms with Crippen LogP contribution < -0.4 is 10.9 Å². The largest absolute Gasteiger partial charge is 0.463 e. The van der Waals surface area contributed by atoms with Gasteiger partial charge in [0.2, 0.25) is 11.9 Å². The zero-order valence-corrected chi connectivity index (χ0v) is 19.0. The van der Waals surface area contributed by atoms with Gasteiger partial charge >= 0.3 is 0 Å². The maximum Gasteiger partial charge on any atom is 0.252 e. The highest BCUT2D eigenvalue weighted by Crippen LogP contribution is 2.60. The Hall–Kier alpha value is -3.16. The van der Waals surface area contributed by atoms with Crippen molar-refractivity contribution in [2.24, 2.45) is 23.2 Å². The highest BCUT2D eigenvalue weighted by atomic mass is 16.3. The van der Waals surface area contributed by atoms with Crippen molar-refractivity contribution in [2.45, 2.75) is 58.3 Å². The fourth-order valence-corrected chi connectivity index (χ4v) is 6.67. The van der Waals surface area contributed by atoms with Crippen LogP contribution in [0.15, 0.2) is 39.7 Å². The van der Waals surface area contributed by atoms with Gasteiger partial charge in [0.25, 0.3) is 5.56 Å². The Balaban J connectivity index is 1.39. The Kier molecular flexibility index (Phi) is 4.61. The second-order valence-corrected chi connectivity index (χ2v) is 10.6. The van der Waals surface area contributed by atoms with E-state index < -0.39 is 0 Å². The second kappa shape index (κ2) is 7.43. The standard InChI is InChI=1S/C25H29N5O3/c1-14(2)18-10-22(31)28-24(26-18)30-21(9-19(29-30)20-4-3-5-33-20)27-23(32)25-11-15-6-16(12-25)8-17(7-15)13-25/h3-5,9-10,14-17H,6-8,11-13H2,1-2H3,(H,27,32)(H,26,28,31). The van der Waals surface area contributed by atoms with E-state index >= 15 is 0 Å². The zero-order valence-electron chi connectivity index (χ0n) is 19.0. The summed E-state index contributed by atoms with van der Waals surface area (Å²) >= 11 is 0. The molecular formula is C25H29N5O3. The first kappa shape index (κ1) is 20.4. The van der Waals surface area contributed by atoms with Crippen LogP contribution in [0.3, 0.4) is 0 Å². The number of nitrogens with zero attached hydrogens (tertiary/aromatic N) is 3. The van der Waals surface area contributed by atoms with Crippen LogP contribution in [0.5, 0.6) is 0 Å². The van der Waals surface area contributed by atoms with Gasteiger partial charge in [0.05, 0.1) is 17.4 Å². The van der Waals surface area contributed by atoms with Crippen molar-refractivity contribution in [3.63, 3.8) is 0 Å². The summed E-state index contributed by atoms with van der Waals surface area (Å²) in [6.45, 7) is 3.97. The third-order valence-corrected chi connectivity index (χ3v) is 7.79. The molecule has 3 aromatic rings. The van der Waals surface area contributed by atoms with Crippen LogP contribution in [0.25, 0.3) is 17.4 Å². The number of hydrogen-bond acceptors (Lipinski definition) is 5. The van der Waals surface area contributed by atoms with Crippen molar-refractivity contribution < 1.29 is 9.21 Å². The Morgan fingerprint density at radius 3 is 2.48 bits per heavy atom. The Morgan fingerprint density at radius 1 is 1.18 bits per heavy atom. The molecular weight excluding hydrogens is 418 g/mol. The van der Waals surface area contributed by atoms with Crippen LogP contribution in [0, 0.1) is 23.2 Å². The molecule has 0 radical (unpaired) electrons. The summed E-state index contributed by atoms with van der Waals surface area (Å²) in [6, 6.07) is 6.90. The quantitative estimate of drug-likeness (QED) is 0.599. The van der Waals surface area contributed by atoms with Crippen molar-refractivity contribution >= 4 is 11.7 Å². The van der Waals surface area contributed by atoms with E-state index in [4.69, 9.17) is 4.42 Å². The van der Waals surface area contributed by atoms with Gasteiger partial charge in [-0.05, 0) is 74.3 Å². The fourth-order valence-electron chi connectivity index (χ4n) is 6.67. The lowest BCUT2D eigenvalue weighted by Gasteiger charge is -2.55. The molecule has 8 heteroatoms. The van der Waals surface area contributed by atoms with Gasteiger partial charge in [-0.1, -0.05) is 13.8 Å². The lowest BCUT2D eigenvalue weighted by Crippen LogP contribution is -2.51. The van der Waals surface area contributed by atoms with Gasteiger partial charge in [-0.25, -0.2) is 4.98 Å². The van der Waals surface area contributed by atoms with E-state index in [-0.39, 0.29) is 28.7 Å². The molecule has 0 aromatic carbocycles. The molecule has 172 valence electrons. The molecule has 0 spiro atoms. The number of furan rings is 1. The number of anilines is 1. The van der Waals surface area contributed by atoms with Crippen molar-refractivity contribution in [1.82, 2.24) is 19.7 Å². The summed E-state index contributed by atoms with van der Waals surface area (Å²) in [5, 5.41) is 7.81. The van der Waals surface area contributed by atoms with Crippen LogP contribution in [0.1, 0.15) is 64.0 Å². The lowest BCUT2D eigenvalue weighted by molar-refractivity contribution is -0.140. The van der Waals surface area contributed by atoms with Crippen LogP contribution in [0.4, 0.5) is 5.82 Å². The van der Waals surface area contributed by atoms with Gasteiger partial charge in [0.15, 0.2) is 5.76 Å². The number of hydrogen-bond donors (Lipinski definition) is 2. The van der Waals surface area contributed by atoms with E-state index in [0.29, 0.717) is 40.7 Å². The zero-order chi connectivity index (χ0) is 22.7. The molecule has 4 saturated carbocycles. The summed E-state index contributed by atoms with van der Waals surface area (Å²) in [6.07, 6.45) is 8.34. The summed E-state index contributed by atoms with van der Waals surface area (Å²) in [5.74, 6) is 3.52. The van der Waals surface area contributed by atoms with Crippen LogP contribution >= 0.6 is 0 Å². The fraction of sp³-hybridized carbons (Fsp3) is 0.520. The van der Waals surface area contributed by atoms with E-state index in [1.54, 1.807) is 18.4 Å². The number of carbonyl (C=O) groups is 1. The van der Waals surface area contributed by atoms with Crippen molar-refractivity contribution in [3.8, 4) is 17.4 Å². The number of aromatic nitrogens is 4. The SMILES string of the molecule is CC(C)c1cc(=O)[nH]c(-n2nc(-c3ccco3)cc2NC(=O)C23CC4CC(CC(C4)C2)C3)n1. The molecule has 3 aromatic heterocycles. The minimum atomic E-state index is -0.296. The molecule has 4 bridgehead atoms. The van der Waals surface area contributed by atoms with E-state index in [1.165, 1.54) is 30.0 Å². The summed E-state index contributed by atoms with van der Waals surface area (Å²) in [4.78, 5) is 33.5. The Labute approximate surface area is 191 Å². The molecule has 4 aliphatic rings. The minimum Gasteiger partial charge on any atom is -0.463 e. The van der Waals surface area contributed by atoms with Gasteiger partial charge in [-0.2, -0.15) is 9.78 Å². The molecule has 4 fully saturated rings. The summed E-state index contributed by atoms with van der Waals surface area (Å²) < 4.78 is 7.05. The van der Waals surface area contributed by atoms with Gasteiger partial charge in [-0.3, -0.25) is 14.6 Å². The lowest BCUT2D eigenvalue weighted by atomic mass is 9.49. The summed E-state index contributed by atoms with van der Waals surface area (Å²) in [5.41, 5.74) is 0.688. The average molecular weight is 448 g/mol. The number of amides is 1. The maximum absolute atomic E-state index is 13.7. The maximum atomic E-state index is 13.7. The molecule has 3 heterocycles. The van der Waals surface area contributed by atoms with Gasteiger partial charge in [0.1, 0.15) is 11.5 Å². The average Bonchev–Trinajstić information content (AvgIpc) is 3.42. The molecule has 0 atom stereocenters. The van der Waals surface area contributed by atoms with Crippen molar-refractivity contribution in [2.75, 3.05) is 5.32 Å². The monoisotopic (exact) mass is 447 g/mol. The van der Waals surface area contributed by atoms with E-state index in [1.807, 2.05) is 19.9 Å². The van der Waals surface area contributed by atoms with Crippen LogP contribution in [-0.2, 0) is 4.79 Å². The molecule has 2 N–H and O–H groups in total. The molecule has 8 nitrogen and oxygen atoms in total. The topological polar surface area (TPSA) is 106 Å². The molecule has 4 aliphatic carbocycles. The normalized spacial score (nSPS) is 27.9. The van der Waals surface area contributed by atoms with Crippen LogP contribution in [-0.4, -0.2) is 25.7 Å². The third-order valence-electron chi connectivity index (χ3n) is 7.79. The van der Waals surface area contributed by atoms with E-state index in [2.05, 4.69) is 20.4 Å². The number of aromatic amines is 1. The Morgan fingerprint density at radius 2 is 1.88 bits per heavy atom. The molecule has 7 rings (SSSR count). The second-order valence-electron chi connectivity index (χ2n) is 10.6. The number of nitrogens with one attached hydrogen (secondary N) is 2. The first-order chi connectivity index (χ1) is 15.9. The molecule has 0 aliphatic heterocycles. The first-order valence-corrected chi connectivity index (χ1v) is 12.0. The van der Waals surface area contributed by atoms with Crippen LogP contribution in [0.2, 0.25) is 0 Å². The summed E-state index contributed by atoms with van der Waals surface area (Å²) in [7, 11) is 0. The van der Waals surface area contributed by atoms with Gasteiger partial charge in [0, 0.05) is 12.1 Å². The number of rotatable bonds is 5. The smallest absolute Gasteiger partial charge is 0.252 e. The van der Waals surface area contributed by atoms with Crippen molar-refractivity contribution in [3.05, 3.63) is 46.6 Å². The molecule has 33 heavy (non-hydrogen) atoms. The van der Waals surface area contributed by atoms with Crippen molar-refractivity contribution in [1.29, 1.82) is 0 Å². The highest BCUT2D eigenvalue weighted by molar-refractivity contribution is 5.95. The first-order valence-electron chi connectivity index (χ1n) is 12.0. The van der Waals surface area contributed by atoms with Gasteiger partial charge in [-0.15, -0.1) is 0 Å². The number of H-pyrrole nitrogens is 1. The Bertz CT molecular complexity index is 1220. The van der Waals surface area contributed by atoms with E-state index in [0.717, 1.165) is 19.3 Å². The highest BCUT2D eigenvalue weighted by Gasteiger charge is 2.54. The van der Waals surface area contributed by atoms with Gasteiger partial charge < -0.3 is 9.73 Å². The predicted octanol–water partition coefficient (Wildman–Crippen LogP) is 4.49. The number of carbonyl (C=O) groups excluding carboxylic acids is 1. The predicted molar refractivity (Wildman–Crippen MR) is 123 cm³/mol. The molecule has 0 unspecified atom stereocenters. The molecule has 0 saturated heterocycles. The third kappa shape index (κ3) is 3.52. The molecule has 1 amide bonds. The minimum absolute atomic E-state index is 0.0658. The van der Waals surface area contributed by atoms with E-state index in [9.17, 15) is 9.59 Å².